The van der Waals surface area contributed by atoms with E-state index < -0.39 is 0 Å². The van der Waals surface area contributed by atoms with E-state index in [2.05, 4.69) is 56.2 Å². The molecule has 0 aliphatic carbocycles. The van der Waals surface area contributed by atoms with Gasteiger partial charge in [-0.1, -0.05) is 48.0 Å². The maximum absolute atomic E-state index is 6.08. The molecule has 0 atom stereocenters. The highest BCUT2D eigenvalue weighted by atomic mass is 35.5. The molecule has 5 rings (SSSR count). The minimum absolute atomic E-state index is 0.663. The van der Waals surface area contributed by atoms with E-state index >= 15 is 0 Å². The summed E-state index contributed by atoms with van der Waals surface area (Å²) in [5, 5.41) is 0.783. The molecule has 0 saturated carbocycles. The average molecular weight is 419 g/mol. The fourth-order valence-corrected chi connectivity index (χ4v) is 4.96. The number of halogens is 1. The molecule has 3 aromatic rings. The Kier molecular flexibility index (Phi) is 5.80. The maximum Gasteiger partial charge on any atom is 0.115 e. The summed E-state index contributed by atoms with van der Waals surface area (Å²) in [5.74, 6) is 0. The Morgan fingerprint density at radius 2 is 1.77 bits per heavy atom. The van der Waals surface area contributed by atoms with Crippen LogP contribution in [0.5, 0.6) is 0 Å². The molecular weight excluding hydrogens is 392 g/mol. The van der Waals surface area contributed by atoms with Gasteiger partial charge in [-0.3, -0.25) is 9.80 Å². The SMILES string of the molecule is Clc1ccc(-c2ccccc2CN2CCC(N3CCc4cncnc4C3)CC2)cc1. The number of hydrogen-bond donors (Lipinski definition) is 0. The van der Waals surface area contributed by atoms with E-state index in [9.17, 15) is 0 Å². The van der Waals surface area contributed by atoms with Gasteiger partial charge in [0.05, 0.1) is 5.69 Å². The molecule has 0 N–H and O–H groups in total. The van der Waals surface area contributed by atoms with E-state index in [-0.39, 0.29) is 0 Å². The molecule has 2 aliphatic rings. The van der Waals surface area contributed by atoms with Gasteiger partial charge in [-0.05, 0) is 66.7 Å². The summed E-state index contributed by atoms with van der Waals surface area (Å²) in [6.45, 7) is 5.40. The molecule has 0 unspecified atom stereocenters. The first-order chi connectivity index (χ1) is 14.8. The van der Waals surface area contributed by atoms with Crippen molar-refractivity contribution in [1.29, 1.82) is 0 Å². The molecule has 2 aliphatic heterocycles. The van der Waals surface area contributed by atoms with Gasteiger partial charge in [0.25, 0.3) is 0 Å². The molecule has 1 aromatic heterocycles. The molecule has 1 fully saturated rings. The maximum atomic E-state index is 6.08. The monoisotopic (exact) mass is 418 g/mol. The standard InChI is InChI=1S/C25H27ClN4/c26-22-7-5-19(6-8-22)24-4-2-1-3-21(24)16-29-12-10-23(11-13-29)30-14-9-20-15-27-18-28-25(20)17-30/h1-8,15,18,23H,9-14,16-17H2. The van der Waals surface area contributed by atoms with Gasteiger partial charge in [0.1, 0.15) is 6.33 Å². The third kappa shape index (κ3) is 4.27. The molecular formula is C25H27ClN4. The van der Waals surface area contributed by atoms with Crippen LogP contribution in [0.4, 0.5) is 0 Å². The van der Waals surface area contributed by atoms with Gasteiger partial charge in [0.15, 0.2) is 0 Å². The largest absolute Gasteiger partial charge is 0.299 e. The van der Waals surface area contributed by atoms with Crippen LogP contribution in [-0.2, 0) is 19.5 Å². The van der Waals surface area contributed by atoms with Gasteiger partial charge in [-0.15, -0.1) is 0 Å². The van der Waals surface area contributed by atoms with E-state index in [0.29, 0.717) is 6.04 Å². The van der Waals surface area contributed by atoms with Gasteiger partial charge in [-0.2, -0.15) is 0 Å². The van der Waals surface area contributed by atoms with Crippen molar-refractivity contribution in [3.63, 3.8) is 0 Å². The van der Waals surface area contributed by atoms with Crippen LogP contribution in [0.25, 0.3) is 11.1 Å². The Morgan fingerprint density at radius 1 is 0.967 bits per heavy atom. The van der Waals surface area contributed by atoms with Gasteiger partial charge in [0.2, 0.25) is 0 Å². The summed E-state index contributed by atoms with van der Waals surface area (Å²) in [6, 6.07) is 17.6. The minimum Gasteiger partial charge on any atom is -0.299 e. The second kappa shape index (κ2) is 8.84. The molecule has 3 heterocycles. The highest BCUT2D eigenvalue weighted by Gasteiger charge is 2.28. The van der Waals surface area contributed by atoms with E-state index in [1.165, 1.54) is 40.8 Å². The molecule has 30 heavy (non-hydrogen) atoms. The third-order valence-electron chi connectivity index (χ3n) is 6.54. The van der Waals surface area contributed by atoms with Crippen molar-refractivity contribution in [2.75, 3.05) is 19.6 Å². The number of likely N-dealkylation sites (tertiary alicyclic amines) is 1. The second-order valence-corrected chi connectivity index (χ2v) is 8.82. The van der Waals surface area contributed by atoms with Gasteiger partial charge in [0, 0.05) is 36.9 Å². The zero-order valence-corrected chi connectivity index (χ0v) is 17.9. The molecule has 0 bridgehead atoms. The lowest BCUT2D eigenvalue weighted by Gasteiger charge is -2.40. The molecule has 154 valence electrons. The number of fused-ring (bicyclic) bond motifs is 1. The Labute approximate surface area is 183 Å². The van der Waals surface area contributed by atoms with Crippen LogP contribution in [-0.4, -0.2) is 45.4 Å². The predicted molar refractivity (Wildman–Crippen MR) is 121 cm³/mol. The lowest BCUT2D eigenvalue weighted by molar-refractivity contribution is 0.0936. The summed E-state index contributed by atoms with van der Waals surface area (Å²) in [7, 11) is 0. The summed E-state index contributed by atoms with van der Waals surface area (Å²) in [4.78, 5) is 13.9. The highest BCUT2D eigenvalue weighted by Crippen LogP contribution is 2.28. The zero-order chi connectivity index (χ0) is 20.3. The number of benzene rings is 2. The number of aromatic nitrogens is 2. The van der Waals surface area contributed by atoms with Gasteiger partial charge >= 0.3 is 0 Å². The first-order valence-corrected chi connectivity index (χ1v) is 11.2. The predicted octanol–water partition coefficient (Wildman–Crippen LogP) is 4.82. The van der Waals surface area contributed by atoms with E-state index in [4.69, 9.17) is 11.6 Å². The lowest BCUT2D eigenvalue weighted by atomic mass is 9.96. The summed E-state index contributed by atoms with van der Waals surface area (Å²) >= 11 is 6.08. The summed E-state index contributed by atoms with van der Waals surface area (Å²) < 4.78 is 0. The summed E-state index contributed by atoms with van der Waals surface area (Å²) in [6.07, 6.45) is 7.20. The Bertz CT molecular complexity index is 996. The van der Waals surface area contributed by atoms with E-state index in [1.807, 2.05) is 18.3 Å². The second-order valence-electron chi connectivity index (χ2n) is 8.39. The number of hydrogen-bond acceptors (Lipinski definition) is 4. The van der Waals surface area contributed by atoms with Crippen molar-refractivity contribution in [3.05, 3.63) is 82.9 Å². The van der Waals surface area contributed by atoms with Gasteiger partial charge < -0.3 is 0 Å². The fourth-order valence-electron chi connectivity index (χ4n) is 4.83. The molecule has 0 spiro atoms. The van der Waals surface area contributed by atoms with Crippen LogP contribution in [0.1, 0.15) is 29.7 Å². The smallest absolute Gasteiger partial charge is 0.115 e. The van der Waals surface area contributed by atoms with Crippen LogP contribution >= 0.6 is 11.6 Å². The summed E-state index contributed by atoms with van der Waals surface area (Å²) in [5.41, 5.74) is 6.48. The van der Waals surface area contributed by atoms with Crippen LogP contribution in [0.15, 0.2) is 61.1 Å². The lowest BCUT2D eigenvalue weighted by Crippen LogP contribution is -2.46. The van der Waals surface area contributed by atoms with Crippen LogP contribution in [0.2, 0.25) is 5.02 Å². The van der Waals surface area contributed by atoms with Crippen molar-refractivity contribution >= 4 is 11.6 Å². The number of nitrogens with zero attached hydrogens (tertiary/aromatic N) is 4. The zero-order valence-electron chi connectivity index (χ0n) is 17.2. The first-order valence-electron chi connectivity index (χ1n) is 10.8. The van der Waals surface area contributed by atoms with Crippen molar-refractivity contribution in [3.8, 4) is 11.1 Å². The van der Waals surface area contributed by atoms with Crippen LogP contribution < -0.4 is 0 Å². The molecule has 0 amide bonds. The molecule has 0 radical (unpaired) electrons. The Hall–Kier alpha value is -2.27. The third-order valence-corrected chi connectivity index (χ3v) is 6.79. The van der Waals surface area contributed by atoms with Crippen molar-refractivity contribution in [1.82, 2.24) is 19.8 Å². The fraction of sp³-hybridized carbons (Fsp3) is 0.360. The Balaban J connectivity index is 1.22. The normalized spacial score (nSPS) is 18.3. The Morgan fingerprint density at radius 3 is 2.60 bits per heavy atom. The topological polar surface area (TPSA) is 32.3 Å². The quantitative estimate of drug-likeness (QED) is 0.608. The minimum atomic E-state index is 0.663. The molecule has 2 aromatic carbocycles. The first kappa shape index (κ1) is 19.7. The number of rotatable bonds is 4. The van der Waals surface area contributed by atoms with E-state index in [0.717, 1.165) is 44.2 Å². The molecule has 4 nitrogen and oxygen atoms in total. The molecule has 5 heteroatoms. The average Bonchev–Trinajstić information content (AvgIpc) is 2.80. The van der Waals surface area contributed by atoms with Crippen molar-refractivity contribution in [2.45, 2.75) is 38.4 Å². The van der Waals surface area contributed by atoms with Crippen molar-refractivity contribution in [2.24, 2.45) is 0 Å². The van der Waals surface area contributed by atoms with Crippen LogP contribution in [0.3, 0.4) is 0 Å². The number of piperidine rings is 1. The van der Waals surface area contributed by atoms with E-state index in [1.54, 1.807) is 6.33 Å². The highest BCUT2D eigenvalue weighted by molar-refractivity contribution is 6.30. The van der Waals surface area contributed by atoms with Crippen LogP contribution in [0, 0.1) is 0 Å². The van der Waals surface area contributed by atoms with Gasteiger partial charge in [-0.25, -0.2) is 9.97 Å². The molecule has 1 saturated heterocycles. The van der Waals surface area contributed by atoms with Crippen molar-refractivity contribution < 1.29 is 0 Å².